The van der Waals surface area contributed by atoms with E-state index in [1.165, 1.54) is 13.0 Å². The number of aliphatic carboxylic acids is 1. The lowest BCUT2D eigenvalue weighted by Crippen LogP contribution is -2.11. The second-order valence-corrected chi connectivity index (χ2v) is 4.00. The number of aliphatic hydroxyl groups excluding tert-OH is 1. The molecule has 1 aromatic rings. The number of aliphatic hydroxyl groups is 1. The van der Waals surface area contributed by atoms with Gasteiger partial charge in [-0.2, -0.15) is 0 Å². The summed E-state index contributed by atoms with van der Waals surface area (Å²) in [7, 11) is 0. The van der Waals surface area contributed by atoms with E-state index < -0.39 is 17.0 Å². The number of nitrogens with zero attached hydrogens (tertiary/aromatic N) is 1. The average molecular weight is 290 g/mol. The fraction of sp³-hybridized carbons (Fsp3) is 0.222. The SMILES string of the molecule is Cc1c(Br)cc(C(O)C(=O)O)cc1[N+](=O)[O-]. The first-order valence-electron chi connectivity index (χ1n) is 4.20. The van der Waals surface area contributed by atoms with Crippen molar-refractivity contribution in [1.29, 1.82) is 0 Å². The van der Waals surface area contributed by atoms with E-state index in [9.17, 15) is 20.0 Å². The molecule has 2 N–H and O–H groups in total. The van der Waals surface area contributed by atoms with Gasteiger partial charge in [-0.05, 0) is 18.6 Å². The molecule has 16 heavy (non-hydrogen) atoms. The summed E-state index contributed by atoms with van der Waals surface area (Å²) >= 11 is 3.07. The molecule has 0 radical (unpaired) electrons. The van der Waals surface area contributed by atoms with E-state index in [0.29, 0.717) is 10.0 Å². The minimum absolute atomic E-state index is 0.0309. The van der Waals surface area contributed by atoms with Gasteiger partial charge in [0.25, 0.3) is 5.69 Å². The first-order valence-corrected chi connectivity index (χ1v) is 4.99. The third-order valence-electron chi connectivity index (χ3n) is 2.09. The van der Waals surface area contributed by atoms with Crippen LogP contribution < -0.4 is 0 Å². The van der Waals surface area contributed by atoms with Gasteiger partial charge in [0.15, 0.2) is 6.10 Å². The van der Waals surface area contributed by atoms with Crippen LogP contribution >= 0.6 is 15.9 Å². The van der Waals surface area contributed by atoms with Crippen LogP contribution in [-0.4, -0.2) is 21.1 Å². The molecule has 1 atom stereocenters. The predicted octanol–water partition coefficient (Wildman–Crippen LogP) is 1.78. The summed E-state index contributed by atoms with van der Waals surface area (Å²) in [4.78, 5) is 20.6. The maximum atomic E-state index is 10.7. The molecule has 0 aromatic heterocycles. The summed E-state index contributed by atoms with van der Waals surface area (Å²) < 4.78 is 0.386. The Balaban J connectivity index is 3.34. The summed E-state index contributed by atoms with van der Waals surface area (Å²) in [6.45, 7) is 1.53. The molecule has 0 fully saturated rings. The van der Waals surface area contributed by atoms with E-state index in [2.05, 4.69) is 15.9 Å². The van der Waals surface area contributed by atoms with Crippen LogP contribution in [0.1, 0.15) is 17.2 Å². The average Bonchev–Trinajstić information content (AvgIpc) is 2.20. The fourth-order valence-electron chi connectivity index (χ4n) is 1.17. The molecule has 0 saturated heterocycles. The molecule has 0 bridgehead atoms. The van der Waals surface area contributed by atoms with Gasteiger partial charge in [-0.3, -0.25) is 10.1 Å². The van der Waals surface area contributed by atoms with Gasteiger partial charge >= 0.3 is 5.97 Å². The van der Waals surface area contributed by atoms with Crippen molar-refractivity contribution in [2.75, 3.05) is 0 Å². The van der Waals surface area contributed by atoms with Crippen LogP contribution in [-0.2, 0) is 4.79 Å². The summed E-state index contributed by atoms with van der Waals surface area (Å²) in [5.41, 5.74) is 0.118. The molecule has 0 aliphatic carbocycles. The predicted molar refractivity (Wildman–Crippen MR) is 58.1 cm³/mol. The number of benzene rings is 1. The number of carboxylic acids is 1. The smallest absolute Gasteiger partial charge is 0.337 e. The zero-order chi connectivity index (χ0) is 12.5. The molecular weight excluding hydrogens is 282 g/mol. The molecule has 0 aliphatic rings. The highest BCUT2D eigenvalue weighted by Crippen LogP contribution is 2.30. The maximum absolute atomic E-state index is 10.7. The number of hydrogen-bond acceptors (Lipinski definition) is 4. The minimum Gasteiger partial charge on any atom is -0.479 e. The second kappa shape index (κ2) is 4.58. The van der Waals surface area contributed by atoms with Crippen LogP contribution in [0.15, 0.2) is 16.6 Å². The van der Waals surface area contributed by atoms with Gasteiger partial charge in [0.2, 0.25) is 0 Å². The number of halogens is 1. The number of carbonyl (C=O) groups is 1. The van der Waals surface area contributed by atoms with Gasteiger partial charge in [-0.25, -0.2) is 4.79 Å². The number of nitro benzene ring substituents is 1. The lowest BCUT2D eigenvalue weighted by Gasteiger charge is -2.08. The summed E-state index contributed by atoms with van der Waals surface area (Å²) in [6.07, 6.45) is -1.77. The Hall–Kier alpha value is -1.47. The van der Waals surface area contributed by atoms with Crippen molar-refractivity contribution in [2.45, 2.75) is 13.0 Å². The van der Waals surface area contributed by atoms with E-state index in [-0.39, 0.29) is 11.3 Å². The zero-order valence-electron chi connectivity index (χ0n) is 8.18. The third-order valence-corrected chi connectivity index (χ3v) is 2.91. The van der Waals surface area contributed by atoms with Crippen LogP contribution in [0.4, 0.5) is 5.69 Å². The van der Waals surface area contributed by atoms with E-state index >= 15 is 0 Å². The lowest BCUT2D eigenvalue weighted by molar-refractivity contribution is -0.385. The topological polar surface area (TPSA) is 101 Å². The van der Waals surface area contributed by atoms with E-state index in [0.717, 1.165) is 6.07 Å². The molecule has 7 heteroatoms. The molecule has 6 nitrogen and oxygen atoms in total. The van der Waals surface area contributed by atoms with E-state index in [1.807, 2.05) is 0 Å². The van der Waals surface area contributed by atoms with Crippen molar-refractivity contribution in [3.05, 3.63) is 37.8 Å². The number of carboxylic acid groups (broad SMARTS) is 1. The van der Waals surface area contributed by atoms with Gasteiger partial charge in [0, 0.05) is 16.1 Å². The van der Waals surface area contributed by atoms with E-state index in [4.69, 9.17) is 5.11 Å². The molecule has 0 saturated carbocycles. The molecule has 1 rings (SSSR count). The standard InChI is InChI=1S/C9H8BrNO5/c1-4-6(10)2-5(8(12)9(13)14)3-7(4)11(15)16/h2-3,8,12H,1H3,(H,13,14). The summed E-state index contributed by atoms with van der Waals surface area (Å²) in [6, 6.07) is 2.40. The Morgan fingerprint density at radius 3 is 2.56 bits per heavy atom. The van der Waals surface area contributed by atoms with Crippen molar-refractivity contribution in [3.63, 3.8) is 0 Å². The summed E-state index contributed by atoms with van der Waals surface area (Å²) in [5.74, 6) is -1.45. The lowest BCUT2D eigenvalue weighted by atomic mass is 10.1. The molecule has 1 aromatic carbocycles. The largest absolute Gasteiger partial charge is 0.479 e. The highest BCUT2D eigenvalue weighted by molar-refractivity contribution is 9.10. The van der Waals surface area contributed by atoms with Crippen molar-refractivity contribution in [1.82, 2.24) is 0 Å². The maximum Gasteiger partial charge on any atom is 0.337 e. The highest BCUT2D eigenvalue weighted by Gasteiger charge is 2.22. The van der Waals surface area contributed by atoms with Gasteiger partial charge in [0.05, 0.1) is 4.92 Å². The van der Waals surface area contributed by atoms with Crippen LogP contribution in [0, 0.1) is 17.0 Å². The first-order chi connectivity index (χ1) is 7.34. The molecule has 86 valence electrons. The Kier molecular flexibility index (Phi) is 3.61. The Bertz CT molecular complexity index is 459. The van der Waals surface area contributed by atoms with Crippen molar-refractivity contribution >= 4 is 27.6 Å². The van der Waals surface area contributed by atoms with Crippen LogP contribution in [0.5, 0.6) is 0 Å². The third kappa shape index (κ3) is 2.37. The molecule has 0 amide bonds. The normalized spacial score (nSPS) is 12.2. The first kappa shape index (κ1) is 12.6. The zero-order valence-corrected chi connectivity index (χ0v) is 9.76. The molecule has 0 aliphatic heterocycles. The Morgan fingerprint density at radius 2 is 2.12 bits per heavy atom. The molecule has 0 spiro atoms. The van der Waals surface area contributed by atoms with Crippen molar-refractivity contribution in [2.24, 2.45) is 0 Å². The molecular formula is C9H8BrNO5. The second-order valence-electron chi connectivity index (χ2n) is 3.14. The summed E-state index contributed by atoms with van der Waals surface area (Å²) in [5, 5.41) is 28.5. The monoisotopic (exact) mass is 289 g/mol. The van der Waals surface area contributed by atoms with Crippen LogP contribution in [0.2, 0.25) is 0 Å². The van der Waals surface area contributed by atoms with Gasteiger partial charge < -0.3 is 10.2 Å². The van der Waals surface area contributed by atoms with Gasteiger partial charge in [-0.1, -0.05) is 15.9 Å². The number of rotatable bonds is 3. The van der Waals surface area contributed by atoms with Crippen LogP contribution in [0.25, 0.3) is 0 Å². The quantitative estimate of drug-likeness (QED) is 0.652. The Morgan fingerprint density at radius 1 is 1.56 bits per heavy atom. The molecule has 0 heterocycles. The number of hydrogen-bond donors (Lipinski definition) is 2. The highest BCUT2D eigenvalue weighted by atomic mass is 79.9. The van der Waals surface area contributed by atoms with Gasteiger partial charge in [-0.15, -0.1) is 0 Å². The minimum atomic E-state index is -1.77. The van der Waals surface area contributed by atoms with Crippen LogP contribution in [0.3, 0.4) is 0 Å². The fourth-order valence-corrected chi connectivity index (χ4v) is 1.64. The molecule has 1 unspecified atom stereocenters. The van der Waals surface area contributed by atoms with Crippen molar-refractivity contribution in [3.8, 4) is 0 Å². The van der Waals surface area contributed by atoms with Gasteiger partial charge in [0.1, 0.15) is 0 Å². The number of nitro groups is 1. The Labute approximate surface area is 98.8 Å². The van der Waals surface area contributed by atoms with Crippen molar-refractivity contribution < 1.29 is 19.9 Å². The van der Waals surface area contributed by atoms with E-state index in [1.54, 1.807) is 0 Å².